The number of nitrogen functional groups attached to an aromatic ring is 1. The first-order valence-electron chi connectivity index (χ1n) is 7.66. The van der Waals surface area contributed by atoms with Crippen LogP contribution in [0.5, 0.6) is 5.88 Å². The Bertz CT molecular complexity index is 439. The molecule has 4 heteroatoms. The summed E-state index contributed by atoms with van der Waals surface area (Å²) in [5.74, 6) is 1.87. The molecule has 1 fully saturated rings. The lowest BCUT2D eigenvalue weighted by Gasteiger charge is -2.35. The van der Waals surface area contributed by atoms with Gasteiger partial charge in [-0.2, -0.15) is 4.98 Å². The maximum Gasteiger partial charge on any atom is 0.239 e. The molecule has 0 radical (unpaired) electrons. The zero-order chi connectivity index (χ0) is 14.6. The van der Waals surface area contributed by atoms with Crippen molar-refractivity contribution in [3.05, 3.63) is 12.1 Å². The summed E-state index contributed by atoms with van der Waals surface area (Å²) in [4.78, 5) is 4.53. The van der Waals surface area contributed by atoms with Crippen LogP contribution < -0.4 is 15.8 Å². The van der Waals surface area contributed by atoms with Crippen molar-refractivity contribution >= 4 is 11.5 Å². The van der Waals surface area contributed by atoms with Gasteiger partial charge < -0.3 is 15.8 Å². The molecule has 0 bridgehead atoms. The second-order valence-electron chi connectivity index (χ2n) is 6.54. The molecule has 0 aliphatic heterocycles. The van der Waals surface area contributed by atoms with Gasteiger partial charge in [0.2, 0.25) is 5.88 Å². The number of hydrogen-bond acceptors (Lipinski definition) is 4. The Morgan fingerprint density at radius 1 is 1.30 bits per heavy atom. The Morgan fingerprint density at radius 3 is 2.65 bits per heavy atom. The maximum atomic E-state index is 5.93. The van der Waals surface area contributed by atoms with E-state index in [-0.39, 0.29) is 5.54 Å². The minimum Gasteiger partial charge on any atom is -0.476 e. The third-order valence-electron chi connectivity index (χ3n) is 3.83. The number of rotatable bonds is 5. The van der Waals surface area contributed by atoms with Gasteiger partial charge in [0.1, 0.15) is 5.82 Å². The number of aromatic nitrogens is 1. The van der Waals surface area contributed by atoms with Gasteiger partial charge in [-0.25, -0.2) is 0 Å². The zero-order valence-electron chi connectivity index (χ0n) is 12.9. The fourth-order valence-electron chi connectivity index (χ4n) is 2.65. The number of pyridine rings is 1. The van der Waals surface area contributed by atoms with Crippen LogP contribution in [0.1, 0.15) is 52.9 Å². The van der Waals surface area contributed by atoms with E-state index in [1.54, 1.807) is 0 Å². The largest absolute Gasteiger partial charge is 0.476 e. The summed E-state index contributed by atoms with van der Waals surface area (Å²) < 4.78 is 5.68. The lowest BCUT2D eigenvalue weighted by Crippen LogP contribution is -2.37. The first-order valence-corrected chi connectivity index (χ1v) is 7.66. The van der Waals surface area contributed by atoms with Crippen molar-refractivity contribution in [2.75, 3.05) is 17.7 Å². The predicted octanol–water partition coefficient (Wildman–Crippen LogP) is 3.83. The summed E-state index contributed by atoms with van der Waals surface area (Å²) in [6, 6.07) is 3.81. The van der Waals surface area contributed by atoms with Crippen LogP contribution in [0.3, 0.4) is 0 Å². The van der Waals surface area contributed by atoms with Gasteiger partial charge >= 0.3 is 0 Å². The van der Waals surface area contributed by atoms with Gasteiger partial charge in [-0.3, -0.25) is 0 Å². The van der Waals surface area contributed by atoms with Gasteiger partial charge in [0.05, 0.1) is 12.3 Å². The summed E-state index contributed by atoms with van der Waals surface area (Å²) in [5, 5.41) is 3.57. The lowest BCUT2D eigenvalue weighted by atomic mass is 9.83. The molecular formula is C16H27N3O. The van der Waals surface area contributed by atoms with Crippen LogP contribution in [-0.2, 0) is 0 Å². The van der Waals surface area contributed by atoms with E-state index in [1.807, 2.05) is 12.1 Å². The van der Waals surface area contributed by atoms with Crippen LogP contribution >= 0.6 is 0 Å². The molecule has 0 aromatic carbocycles. The Kier molecular flexibility index (Phi) is 4.73. The predicted molar refractivity (Wildman–Crippen MR) is 84.1 cm³/mol. The molecule has 1 saturated carbocycles. The van der Waals surface area contributed by atoms with Crippen molar-refractivity contribution < 1.29 is 4.74 Å². The highest BCUT2D eigenvalue weighted by Gasteiger charge is 2.26. The highest BCUT2D eigenvalue weighted by atomic mass is 16.5. The molecule has 1 aliphatic carbocycles. The molecule has 2 rings (SSSR count). The lowest BCUT2D eigenvalue weighted by molar-refractivity contribution is 0.263. The Morgan fingerprint density at radius 2 is 2.00 bits per heavy atom. The van der Waals surface area contributed by atoms with Crippen molar-refractivity contribution in [1.29, 1.82) is 0 Å². The Hall–Kier alpha value is -1.45. The summed E-state index contributed by atoms with van der Waals surface area (Å²) in [5.41, 5.74) is 6.68. The summed E-state index contributed by atoms with van der Waals surface area (Å²) >= 11 is 0. The van der Waals surface area contributed by atoms with Gasteiger partial charge in [-0.05, 0) is 37.8 Å². The number of nitrogens with one attached hydrogen (secondary N) is 1. The van der Waals surface area contributed by atoms with Crippen molar-refractivity contribution in [3.63, 3.8) is 0 Å². The monoisotopic (exact) mass is 277 g/mol. The van der Waals surface area contributed by atoms with Gasteiger partial charge in [0.25, 0.3) is 0 Å². The summed E-state index contributed by atoms with van der Waals surface area (Å²) in [7, 11) is 0. The van der Waals surface area contributed by atoms with E-state index in [1.165, 1.54) is 32.1 Å². The fourth-order valence-corrected chi connectivity index (χ4v) is 2.65. The standard InChI is InChI=1S/C16H27N3O/c1-12(2)11-20-15-13(17)7-8-14(18-15)19-16(3)9-5-4-6-10-16/h7-8,12H,4-6,9-11,17H2,1-3H3,(H,18,19). The number of hydrogen-bond donors (Lipinski definition) is 2. The third kappa shape index (κ3) is 4.02. The molecule has 0 spiro atoms. The quantitative estimate of drug-likeness (QED) is 0.858. The second-order valence-corrected chi connectivity index (χ2v) is 6.54. The van der Waals surface area contributed by atoms with E-state index < -0.39 is 0 Å². The number of anilines is 2. The second kappa shape index (κ2) is 6.33. The third-order valence-corrected chi connectivity index (χ3v) is 3.83. The molecule has 3 N–H and O–H groups in total. The van der Waals surface area contributed by atoms with Crippen LogP contribution in [-0.4, -0.2) is 17.1 Å². The minimum atomic E-state index is 0.149. The normalized spacial score (nSPS) is 18.0. The first kappa shape index (κ1) is 14.9. The highest BCUT2D eigenvalue weighted by molar-refractivity contribution is 5.54. The topological polar surface area (TPSA) is 60.2 Å². The average Bonchev–Trinajstić information content (AvgIpc) is 2.40. The first-order chi connectivity index (χ1) is 9.48. The van der Waals surface area contributed by atoms with Gasteiger partial charge in [0.15, 0.2) is 0 Å². The van der Waals surface area contributed by atoms with Crippen molar-refractivity contribution in [2.45, 2.75) is 58.4 Å². The molecule has 1 aliphatic rings. The van der Waals surface area contributed by atoms with E-state index in [0.29, 0.717) is 24.1 Å². The molecule has 0 amide bonds. The van der Waals surface area contributed by atoms with Gasteiger partial charge in [-0.1, -0.05) is 33.1 Å². The molecule has 4 nitrogen and oxygen atoms in total. The number of nitrogens with zero attached hydrogens (tertiary/aromatic N) is 1. The summed E-state index contributed by atoms with van der Waals surface area (Å²) in [6.07, 6.45) is 6.31. The van der Waals surface area contributed by atoms with Crippen LogP contribution in [0.4, 0.5) is 11.5 Å². The molecule has 1 aromatic heterocycles. The zero-order valence-corrected chi connectivity index (χ0v) is 12.9. The smallest absolute Gasteiger partial charge is 0.239 e. The van der Waals surface area contributed by atoms with Crippen LogP contribution in [0.2, 0.25) is 0 Å². The summed E-state index contributed by atoms with van der Waals surface area (Å²) in [6.45, 7) is 7.14. The SMILES string of the molecule is CC(C)COc1nc(NC2(C)CCCCC2)ccc1N. The van der Waals surface area contributed by atoms with Crippen LogP contribution in [0, 0.1) is 5.92 Å². The Labute approximate surface area is 122 Å². The van der Waals surface area contributed by atoms with Gasteiger partial charge in [-0.15, -0.1) is 0 Å². The molecular weight excluding hydrogens is 250 g/mol. The van der Waals surface area contributed by atoms with E-state index >= 15 is 0 Å². The number of ether oxygens (including phenoxy) is 1. The van der Waals surface area contributed by atoms with Gasteiger partial charge in [0, 0.05) is 5.54 Å². The Balaban J connectivity index is 2.06. The molecule has 1 heterocycles. The molecule has 0 atom stereocenters. The molecule has 0 saturated heterocycles. The molecule has 20 heavy (non-hydrogen) atoms. The molecule has 1 aromatic rings. The van der Waals surface area contributed by atoms with Crippen molar-refractivity contribution in [1.82, 2.24) is 4.98 Å². The molecule has 112 valence electrons. The number of nitrogens with two attached hydrogens (primary N) is 1. The maximum absolute atomic E-state index is 5.93. The van der Waals surface area contributed by atoms with E-state index in [2.05, 4.69) is 31.1 Å². The van der Waals surface area contributed by atoms with Crippen molar-refractivity contribution in [2.24, 2.45) is 5.92 Å². The van der Waals surface area contributed by atoms with Crippen LogP contribution in [0.25, 0.3) is 0 Å². The van der Waals surface area contributed by atoms with Crippen LogP contribution in [0.15, 0.2) is 12.1 Å². The fraction of sp³-hybridized carbons (Fsp3) is 0.688. The van der Waals surface area contributed by atoms with Crippen molar-refractivity contribution in [3.8, 4) is 5.88 Å². The van der Waals surface area contributed by atoms with E-state index in [0.717, 1.165) is 5.82 Å². The highest BCUT2D eigenvalue weighted by Crippen LogP contribution is 2.32. The minimum absolute atomic E-state index is 0.149. The van der Waals surface area contributed by atoms with E-state index in [9.17, 15) is 0 Å². The molecule has 0 unspecified atom stereocenters. The average molecular weight is 277 g/mol. The van der Waals surface area contributed by atoms with E-state index in [4.69, 9.17) is 10.5 Å².